The van der Waals surface area contributed by atoms with Crippen LogP contribution in [0.2, 0.25) is 0 Å². The van der Waals surface area contributed by atoms with Crippen molar-refractivity contribution in [3.63, 3.8) is 0 Å². The second-order valence-electron chi connectivity index (χ2n) is 5.19. The molecular weight excluding hydrogens is 248 g/mol. The van der Waals surface area contributed by atoms with Crippen molar-refractivity contribution in [1.82, 2.24) is 4.98 Å². The average molecular weight is 262 g/mol. The summed E-state index contributed by atoms with van der Waals surface area (Å²) in [5.41, 5.74) is 4.38. The van der Waals surface area contributed by atoms with Gasteiger partial charge in [0.05, 0.1) is 5.92 Å². The minimum absolute atomic E-state index is 0.0910. The van der Waals surface area contributed by atoms with E-state index >= 15 is 0 Å². The highest BCUT2D eigenvalue weighted by Gasteiger charge is 2.30. The summed E-state index contributed by atoms with van der Waals surface area (Å²) in [6.07, 6.45) is 2.68. The number of nitrogens with one attached hydrogen (secondary N) is 2. The molecule has 4 rings (SSSR count). The molecule has 1 aliphatic heterocycles. The first-order valence-corrected chi connectivity index (χ1v) is 6.78. The van der Waals surface area contributed by atoms with E-state index in [0.29, 0.717) is 0 Å². The van der Waals surface area contributed by atoms with Crippen LogP contribution in [0.3, 0.4) is 0 Å². The maximum Gasteiger partial charge on any atom is 0.232 e. The third-order valence-corrected chi connectivity index (χ3v) is 4.02. The fraction of sp³-hybridized carbons (Fsp3) is 0.118. The third-order valence-electron chi connectivity index (χ3n) is 4.02. The number of amides is 1. The average Bonchev–Trinajstić information content (AvgIpc) is 3.05. The molecule has 0 bridgehead atoms. The van der Waals surface area contributed by atoms with Crippen LogP contribution < -0.4 is 5.32 Å². The Bertz CT molecular complexity index is 803. The van der Waals surface area contributed by atoms with E-state index in [1.54, 1.807) is 0 Å². The Labute approximate surface area is 116 Å². The molecule has 1 atom stereocenters. The van der Waals surface area contributed by atoms with Gasteiger partial charge >= 0.3 is 0 Å². The summed E-state index contributed by atoms with van der Waals surface area (Å²) in [7, 11) is 0. The van der Waals surface area contributed by atoms with E-state index in [1.807, 2.05) is 36.5 Å². The number of para-hydroxylation sites is 1. The van der Waals surface area contributed by atoms with Crippen LogP contribution in [-0.2, 0) is 11.2 Å². The molecule has 0 saturated carbocycles. The number of aromatic nitrogens is 1. The quantitative estimate of drug-likeness (QED) is 0.730. The molecule has 0 spiro atoms. The van der Waals surface area contributed by atoms with E-state index in [9.17, 15) is 4.79 Å². The zero-order valence-corrected chi connectivity index (χ0v) is 10.9. The number of H-pyrrole nitrogens is 1. The molecule has 3 heteroatoms. The van der Waals surface area contributed by atoms with E-state index in [1.165, 1.54) is 10.9 Å². The van der Waals surface area contributed by atoms with Gasteiger partial charge < -0.3 is 10.3 Å². The van der Waals surface area contributed by atoms with Crippen molar-refractivity contribution in [3.05, 3.63) is 65.9 Å². The molecule has 20 heavy (non-hydrogen) atoms. The van der Waals surface area contributed by atoms with Gasteiger partial charge in [-0.15, -0.1) is 0 Å². The summed E-state index contributed by atoms with van der Waals surface area (Å²) < 4.78 is 0. The Balaban J connectivity index is 1.76. The molecule has 2 N–H and O–H groups in total. The fourth-order valence-electron chi connectivity index (χ4n) is 3.03. The van der Waals surface area contributed by atoms with Crippen molar-refractivity contribution in [2.75, 3.05) is 5.32 Å². The molecule has 2 aromatic carbocycles. The highest BCUT2D eigenvalue weighted by Crippen LogP contribution is 2.35. The van der Waals surface area contributed by atoms with Gasteiger partial charge in [-0.2, -0.15) is 0 Å². The van der Waals surface area contributed by atoms with Crippen LogP contribution in [-0.4, -0.2) is 10.9 Å². The normalized spacial score (nSPS) is 17.2. The van der Waals surface area contributed by atoms with Crippen molar-refractivity contribution in [2.45, 2.75) is 12.3 Å². The summed E-state index contributed by atoms with van der Waals surface area (Å²) in [5.74, 6) is 0.00504. The van der Waals surface area contributed by atoms with Crippen molar-refractivity contribution in [2.24, 2.45) is 0 Å². The smallest absolute Gasteiger partial charge is 0.232 e. The van der Waals surface area contributed by atoms with E-state index in [4.69, 9.17) is 0 Å². The Morgan fingerprint density at radius 2 is 1.90 bits per heavy atom. The maximum absolute atomic E-state index is 12.2. The molecule has 1 aromatic heterocycles. The Morgan fingerprint density at radius 1 is 1.00 bits per heavy atom. The van der Waals surface area contributed by atoms with Crippen LogP contribution in [0.5, 0.6) is 0 Å². The summed E-state index contributed by atoms with van der Waals surface area (Å²) in [6.45, 7) is 0. The molecule has 0 aliphatic carbocycles. The van der Waals surface area contributed by atoms with Crippen LogP contribution >= 0.6 is 0 Å². The third kappa shape index (κ3) is 1.63. The second-order valence-corrected chi connectivity index (χ2v) is 5.19. The standard InChI is InChI=1S/C17H14N2O/c20-17-14(13-5-1-2-6-16(13)19-17)10-11-4-3-7-15-12(11)8-9-18-15/h1-9,14,18H,10H2,(H,19,20). The fourth-order valence-corrected chi connectivity index (χ4v) is 3.03. The number of fused-ring (bicyclic) bond motifs is 2. The summed E-state index contributed by atoms with van der Waals surface area (Å²) in [6, 6.07) is 16.2. The Hall–Kier alpha value is -2.55. The molecule has 1 aliphatic rings. The van der Waals surface area contributed by atoms with Gasteiger partial charge in [-0.25, -0.2) is 0 Å². The first-order chi connectivity index (χ1) is 9.83. The van der Waals surface area contributed by atoms with Crippen LogP contribution in [0.25, 0.3) is 10.9 Å². The monoisotopic (exact) mass is 262 g/mol. The maximum atomic E-state index is 12.2. The lowest BCUT2D eigenvalue weighted by atomic mass is 9.92. The zero-order chi connectivity index (χ0) is 13.5. The molecule has 3 nitrogen and oxygen atoms in total. The topological polar surface area (TPSA) is 44.9 Å². The lowest BCUT2D eigenvalue weighted by Crippen LogP contribution is -2.14. The van der Waals surface area contributed by atoms with Gasteiger partial charge in [0, 0.05) is 22.8 Å². The van der Waals surface area contributed by atoms with Crippen LogP contribution in [0.4, 0.5) is 5.69 Å². The van der Waals surface area contributed by atoms with Gasteiger partial charge in [0.15, 0.2) is 0 Å². The Morgan fingerprint density at radius 3 is 2.85 bits per heavy atom. The highest BCUT2D eigenvalue weighted by atomic mass is 16.2. The minimum atomic E-state index is -0.0910. The van der Waals surface area contributed by atoms with Gasteiger partial charge in [-0.3, -0.25) is 4.79 Å². The van der Waals surface area contributed by atoms with Crippen LogP contribution in [0.1, 0.15) is 17.0 Å². The summed E-state index contributed by atoms with van der Waals surface area (Å²) >= 11 is 0. The van der Waals surface area contributed by atoms with Crippen molar-refractivity contribution >= 4 is 22.5 Å². The highest BCUT2D eigenvalue weighted by molar-refractivity contribution is 6.03. The molecule has 0 fully saturated rings. The minimum Gasteiger partial charge on any atom is -0.361 e. The second kappa shape index (κ2) is 4.23. The number of carbonyl (C=O) groups is 1. The van der Waals surface area contributed by atoms with Gasteiger partial charge in [0.1, 0.15) is 0 Å². The van der Waals surface area contributed by atoms with E-state index in [-0.39, 0.29) is 11.8 Å². The largest absolute Gasteiger partial charge is 0.361 e. The molecular formula is C17H14N2O. The van der Waals surface area contributed by atoms with Gasteiger partial charge in [-0.05, 0) is 35.7 Å². The lowest BCUT2D eigenvalue weighted by molar-refractivity contribution is -0.117. The summed E-state index contributed by atoms with van der Waals surface area (Å²) in [5, 5.41) is 4.16. The molecule has 0 radical (unpaired) electrons. The molecule has 1 amide bonds. The first-order valence-electron chi connectivity index (χ1n) is 6.78. The number of hydrogen-bond acceptors (Lipinski definition) is 1. The van der Waals surface area contributed by atoms with Crippen LogP contribution in [0, 0.1) is 0 Å². The lowest BCUT2D eigenvalue weighted by Gasteiger charge is -2.10. The first kappa shape index (κ1) is 11.3. The number of benzene rings is 2. The Kier molecular flexibility index (Phi) is 2.39. The van der Waals surface area contributed by atoms with E-state index in [0.717, 1.165) is 23.2 Å². The number of aromatic amines is 1. The van der Waals surface area contributed by atoms with Gasteiger partial charge in [0.2, 0.25) is 5.91 Å². The van der Waals surface area contributed by atoms with E-state index in [2.05, 4.69) is 28.5 Å². The van der Waals surface area contributed by atoms with Gasteiger partial charge in [-0.1, -0.05) is 30.3 Å². The predicted octanol–water partition coefficient (Wildman–Crippen LogP) is 3.45. The van der Waals surface area contributed by atoms with Crippen LogP contribution in [0.15, 0.2) is 54.7 Å². The van der Waals surface area contributed by atoms with Crippen molar-refractivity contribution in [3.8, 4) is 0 Å². The molecule has 1 unspecified atom stereocenters. The zero-order valence-electron chi connectivity index (χ0n) is 10.9. The number of carbonyl (C=O) groups excluding carboxylic acids is 1. The van der Waals surface area contributed by atoms with Gasteiger partial charge in [0.25, 0.3) is 0 Å². The number of anilines is 1. The molecule has 98 valence electrons. The molecule has 2 heterocycles. The van der Waals surface area contributed by atoms with Crippen molar-refractivity contribution < 1.29 is 4.79 Å². The SMILES string of the molecule is O=C1Nc2ccccc2C1Cc1cccc2[nH]ccc12. The van der Waals surface area contributed by atoms with Crippen molar-refractivity contribution in [1.29, 1.82) is 0 Å². The summed E-state index contributed by atoms with van der Waals surface area (Å²) in [4.78, 5) is 15.4. The van der Waals surface area contributed by atoms with E-state index < -0.39 is 0 Å². The molecule has 3 aromatic rings. The molecule has 0 saturated heterocycles. The number of rotatable bonds is 2. The predicted molar refractivity (Wildman–Crippen MR) is 79.8 cm³/mol. The number of hydrogen-bond donors (Lipinski definition) is 2.